The number of rotatable bonds is 3. The van der Waals surface area contributed by atoms with Crippen LogP contribution in [0, 0.1) is 0 Å². The van der Waals surface area contributed by atoms with Gasteiger partial charge < -0.3 is 4.90 Å². The second-order valence-corrected chi connectivity index (χ2v) is 7.78. The Hall–Kier alpha value is 0.150. The molecule has 1 aliphatic heterocycles. The van der Waals surface area contributed by atoms with E-state index in [1.165, 1.54) is 0 Å². The van der Waals surface area contributed by atoms with Crippen LogP contribution in [0.1, 0.15) is 6.92 Å². The first-order valence-corrected chi connectivity index (χ1v) is 8.15. The van der Waals surface area contributed by atoms with Crippen molar-refractivity contribution in [1.29, 1.82) is 0 Å². The molecular formula is C10H16Cl2N2O2S2. The number of sulfonamides is 1. The normalized spacial score (nSPS) is 18.6. The molecule has 18 heavy (non-hydrogen) atoms. The number of piperazine rings is 1. The summed E-state index contributed by atoms with van der Waals surface area (Å²) in [5.41, 5.74) is 0. The Balaban J connectivity index is 0.00000162. The lowest BCUT2D eigenvalue weighted by molar-refractivity contribution is 0.196. The van der Waals surface area contributed by atoms with Crippen LogP contribution < -0.4 is 0 Å². The molecule has 1 aromatic heterocycles. The minimum atomic E-state index is -3.33. The highest BCUT2D eigenvalue weighted by atomic mass is 35.5. The highest BCUT2D eigenvalue weighted by Crippen LogP contribution is 2.28. The lowest BCUT2D eigenvalue weighted by atomic mass is 10.4. The van der Waals surface area contributed by atoms with E-state index in [0.29, 0.717) is 21.6 Å². The average Bonchev–Trinajstić information content (AvgIpc) is 2.77. The van der Waals surface area contributed by atoms with Crippen molar-refractivity contribution in [3.63, 3.8) is 0 Å². The lowest BCUT2D eigenvalue weighted by Crippen LogP contribution is -2.48. The van der Waals surface area contributed by atoms with Crippen LogP contribution in [-0.2, 0) is 10.0 Å². The van der Waals surface area contributed by atoms with Crippen LogP contribution in [0.3, 0.4) is 0 Å². The molecule has 8 heteroatoms. The number of hydrogen-bond donors (Lipinski definition) is 0. The van der Waals surface area contributed by atoms with Gasteiger partial charge in [-0.05, 0) is 18.7 Å². The highest BCUT2D eigenvalue weighted by Gasteiger charge is 2.29. The van der Waals surface area contributed by atoms with Crippen molar-refractivity contribution in [2.75, 3.05) is 32.7 Å². The second kappa shape index (κ2) is 6.54. The summed E-state index contributed by atoms with van der Waals surface area (Å²) in [5, 5.41) is 0. The molecule has 0 amide bonds. The molecule has 104 valence electrons. The van der Waals surface area contributed by atoms with Crippen LogP contribution >= 0.6 is 35.3 Å². The molecule has 1 saturated heterocycles. The van der Waals surface area contributed by atoms with Gasteiger partial charge in [0.25, 0.3) is 10.0 Å². The van der Waals surface area contributed by atoms with E-state index in [1.54, 1.807) is 16.4 Å². The summed E-state index contributed by atoms with van der Waals surface area (Å²) in [6.45, 7) is 5.78. The molecule has 1 aliphatic rings. The average molecular weight is 331 g/mol. The van der Waals surface area contributed by atoms with Crippen molar-refractivity contribution in [2.24, 2.45) is 0 Å². The Labute approximate surface area is 123 Å². The number of hydrogen-bond acceptors (Lipinski definition) is 4. The predicted molar refractivity (Wildman–Crippen MR) is 77.4 cm³/mol. The molecular weight excluding hydrogens is 315 g/mol. The molecule has 0 N–H and O–H groups in total. The van der Waals surface area contributed by atoms with Crippen molar-refractivity contribution < 1.29 is 8.42 Å². The summed E-state index contributed by atoms with van der Waals surface area (Å²) >= 11 is 6.90. The molecule has 1 fully saturated rings. The Kier molecular flexibility index (Phi) is 5.89. The molecule has 0 bridgehead atoms. The fourth-order valence-electron chi connectivity index (χ4n) is 1.85. The fraction of sp³-hybridized carbons (Fsp3) is 0.600. The van der Waals surface area contributed by atoms with Crippen molar-refractivity contribution in [3.05, 3.63) is 16.5 Å². The number of halogens is 2. The minimum Gasteiger partial charge on any atom is -0.301 e. The maximum absolute atomic E-state index is 12.3. The van der Waals surface area contributed by atoms with Gasteiger partial charge in [-0.25, -0.2) is 8.42 Å². The zero-order valence-electron chi connectivity index (χ0n) is 10.0. The Morgan fingerprint density at radius 1 is 1.28 bits per heavy atom. The van der Waals surface area contributed by atoms with Gasteiger partial charge in [-0.1, -0.05) is 18.5 Å². The van der Waals surface area contributed by atoms with E-state index in [9.17, 15) is 8.42 Å². The number of thiophene rings is 1. The largest absolute Gasteiger partial charge is 0.301 e. The fourth-order valence-corrected chi connectivity index (χ4v) is 4.91. The van der Waals surface area contributed by atoms with Crippen LogP contribution in [0.25, 0.3) is 0 Å². The molecule has 0 radical (unpaired) electrons. The zero-order valence-corrected chi connectivity index (χ0v) is 13.2. The third-order valence-corrected chi connectivity index (χ3v) is 6.52. The lowest BCUT2D eigenvalue weighted by Gasteiger charge is -2.32. The first kappa shape index (κ1) is 16.2. The Bertz CT molecular complexity index is 482. The van der Waals surface area contributed by atoms with Crippen LogP contribution in [0.5, 0.6) is 0 Å². The standard InChI is InChI=1S/C10H15ClN2O2S2.ClH/c1-2-12-5-7-13(8-6-12)17(14,15)10-4-3-9(11)16-10;/h3-4H,2,5-8H2,1H3;1H. The van der Waals surface area contributed by atoms with Gasteiger partial charge in [0.05, 0.1) is 4.34 Å². The van der Waals surface area contributed by atoms with E-state index in [1.807, 2.05) is 0 Å². The molecule has 2 heterocycles. The molecule has 4 nitrogen and oxygen atoms in total. The number of nitrogens with zero attached hydrogens (tertiary/aromatic N) is 2. The molecule has 2 rings (SSSR count). The van der Waals surface area contributed by atoms with Gasteiger partial charge in [-0.2, -0.15) is 4.31 Å². The summed E-state index contributed by atoms with van der Waals surface area (Å²) in [6, 6.07) is 3.20. The van der Waals surface area contributed by atoms with Gasteiger partial charge in [-0.15, -0.1) is 23.7 Å². The molecule has 0 saturated carbocycles. The van der Waals surface area contributed by atoms with E-state index in [0.717, 1.165) is 31.0 Å². The van der Waals surface area contributed by atoms with E-state index in [4.69, 9.17) is 11.6 Å². The SMILES string of the molecule is CCN1CCN(S(=O)(=O)c2ccc(Cl)s2)CC1.Cl. The zero-order chi connectivity index (χ0) is 12.5. The predicted octanol–water partition coefficient (Wildman–Crippen LogP) is 2.15. The van der Waals surface area contributed by atoms with Gasteiger partial charge in [0, 0.05) is 26.2 Å². The molecule has 0 aromatic carbocycles. The maximum Gasteiger partial charge on any atom is 0.252 e. The summed E-state index contributed by atoms with van der Waals surface area (Å²) in [5.74, 6) is 0. The molecule has 0 unspecified atom stereocenters. The van der Waals surface area contributed by atoms with Crippen LogP contribution in [0.2, 0.25) is 4.34 Å². The number of likely N-dealkylation sites (N-methyl/N-ethyl adjacent to an activating group) is 1. The Morgan fingerprint density at radius 2 is 1.89 bits per heavy atom. The smallest absolute Gasteiger partial charge is 0.252 e. The maximum atomic E-state index is 12.3. The van der Waals surface area contributed by atoms with Crippen LogP contribution in [0.15, 0.2) is 16.3 Å². The second-order valence-electron chi connectivity index (χ2n) is 3.90. The highest BCUT2D eigenvalue weighted by molar-refractivity contribution is 7.91. The minimum absolute atomic E-state index is 0. The quantitative estimate of drug-likeness (QED) is 0.852. The summed E-state index contributed by atoms with van der Waals surface area (Å²) in [4.78, 5) is 2.24. The third-order valence-electron chi connectivity index (χ3n) is 2.92. The van der Waals surface area contributed by atoms with Gasteiger partial charge in [-0.3, -0.25) is 0 Å². The van der Waals surface area contributed by atoms with Gasteiger partial charge >= 0.3 is 0 Å². The first-order valence-electron chi connectivity index (χ1n) is 5.52. The van der Waals surface area contributed by atoms with Gasteiger partial charge in [0.1, 0.15) is 4.21 Å². The van der Waals surface area contributed by atoms with Gasteiger partial charge in [0.2, 0.25) is 0 Å². The van der Waals surface area contributed by atoms with Crippen molar-refractivity contribution >= 4 is 45.4 Å². The summed E-state index contributed by atoms with van der Waals surface area (Å²) in [7, 11) is -3.33. The molecule has 1 aromatic rings. The third kappa shape index (κ3) is 3.37. The molecule has 0 aliphatic carbocycles. The first-order chi connectivity index (χ1) is 8.04. The molecule has 0 atom stereocenters. The van der Waals surface area contributed by atoms with E-state index in [2.05, 4.69) is 11.8 Å². The van der Waals surface area contributed by atoms with Crippen molar-refractivity contribution in [2.45, 2.75) is 11.1 Å². The monoisotopic (exact) mass is 330 g/mol. The van der Waals surface area contributed by atoms with E-state index >= 15 is 0 Å². The van der Waals surface area contributed by atoms with E-state index < -0.39 is 10.0 Å². The summed E-state index contributed by atoms with van der Waals surface area (Å²) in [6.07, 6.45) is 0. The van der Waals surface area contributed by atoms with Crippen molar-refractivity contribution in [1.82, 2.24) is 9.21 Å². The van der Waals surface area contributed by atoms with Crippen molar-refractivity contribution in [3.8, 4) is 0 Å². The van der Waals surface area contributed by atoms with Crippen LogP contribution in [-0.4, -0.2) is 50.3 Å². The molecule has 0 spiro atoms. The van der Waals surface area contributed by atoms with Gasteiger partial charge in [0.15, 0.2) is 0 Å². The summed E-state index contributed by atoms with van der Waals surface area (Å²) < 4.78 is 26.9. The van der Waals surface area contributed by atoms with E-state index in [-0.39, 0.29) is 12.4 Å². The van der Waals surface area contributed by atoms with Crippen LogP contribution in [0.4, 0.5) is 0 Å². The topological polar surface area (TPSA) is 40.6 Å². The Morgan fingerprint density at radius 3 is 2.33 bits per heavy atom.